The van der Waals surface area contributed by atoms with Gasteiger partial charge in [-0.3, -0.25) is 4.90 Å². The molecule has 2 heterocycles. The van der Waals surface area contributed by atoms with Gasteiger partial charge in [-0.15, -0.1) is 0 Å². The first-order valence-electron chi connectivity index (χ1n) is 9.59. The van der Waals surface area contributed by atoms with Gasteiger partial charge in [0.05, 0.1) is 12.7 Å². The van der Waals surface area contributed by atoms with Crippen molar-refractivity contribution in [3.63, 3.8) is 0 Å². The van der Waals surface area contributed by atoms with Crippen LogP contribution in [0.2, 0.25) is 0 Å². The molecule has 1 aliphatic heterocycles. The van der Waals surface area contributed by atoms with Gasteiger partial charge in [-0.05, 0) is 30.9 Å². The summed E-state index contributed by atoms with van der Waals surface area (Å²) in [6.07, 6.45) is 3.65. The lowest BCUT2D eigenvalue weighted by Gasteiger charge is -2.32. The minimum Gasteiger partial charge on any atom is -0.378 e. The van der Waals surface area contributed by atoms with Crippen molar-refractivity contribution >= 4 is 15.9 Å². The second-order valence-electron chi connectivity index (χ2n) is 7.53. The Morgan fingerprint density at radius 2 is 2.11 bits per heavy atom. The lowest BCUT2D eigenvalue weighted by Crippen LogP contribution is -2.37. The fourth-order valence-electron chi connectivity index (χ4n) is 3.27. The van der Waals surface area contributed by atoms with Crippen molar-refractivity contribution < 1.29 is 13.7 Å². The minimum atomic E-state index is -0.153. The SMILES string of the molecule is CC(C)Cc1nc(CCOC2CCN(Cc3ccc(Br)cc3F)CC2)no1. The standard InChI is InChI=1S/C20H27BrFN3O2/c1-14(2)11-20-23-19(24-27-20)7-10-26-17-5-8-25(9-6-17)13-15-3-4-16(21)12-18(15)22/h3-4,12,14,17H,5-11,13H2,1-2H3. The normalized spacial score (nSPS) is 16.3. The molecule has 0 unspecified atom stereocenters. The van der Waals surface area contributed by atoms with Gasteiger partial charge in [0.2, 0.25) is 5.89 Å². The molecule has 0 aliphatic carbocycles. The fourth-order valence-corrected chi connectivity index (χ4v) is 3.60. The summed E-state index contributed by atoms with van der Waals surface area (Å²) in [6.45, 7) is 7.34. The molecule has 1 aliphatic rings. The van der Waals surface area contributed by atoms with Crippen LogP contribution in [0.25, 0.3) is 0 Å². The first-order valence-corrected chi connectivity index (χ1v) is 10.4. The van der Waals surface area contributed by atoms with Gasteiger partial charge in [0, 0.05) is 42.5 Å². The highest BCUT2D eigenvalue weighted by Crippen LogP contribution is 2.20. The number of rotatable bonds is 8. The van der Waals surface area contributed by atoms with Crippen LogP contribution in [-0.4, -0.2) is 40.8 Å². The number of aromatic nitrogens is 2. The van der Waals surface area contributed by atoms with Crippen LogP contribution < -0.4 is 0 Å². The van der Waals surface area contributed by atoms with Gasteiger partial charge in [-0.2, -0.15) is 4.98 Å². The van der Waals surface area contributed by atoms with Gasteiger partial charge in [0.15, 0.2) is 5.82 Å². The molecule has 27 heavy (non-hydrogen) atoms. The number of hydrogen-bond donors (Lipinski definition) is 0. The Morgan fingerprint density at radius 1 is 1.33 bits per heavy atom. The van der Waals surface area contributed by atoms with E-state index in [1.54, 1.807) is 0 Å². The fraction of sp³-hybridized carbons (Fsp3) is 0.600. The van der Waals surface area contributed by atoms with E-state index in [0.29, 0.717) is 37.2 Å². The third kappa shape index (κ3) is 6.36. The van der Waals surface area contributed by atoms with Gasteiger partial charge in [0.25, 0.3) is 0 Å². The van der Waals surface area contributed by atoms with Gasteiger partial charge in [-0.1, -0.05) is 41.0 Å². The van der Waals surface area contributed by atoms with Crippen molar-refractivity contribution in [2.75, 3.05) is 19.7 Å². The molecule has 0 N–H and O–H groups in total. The predicted molar refractivity (Wildman–Crippen MR) is 105 cm³/mol. The van der Waals surface area contributed by atoms with Crippen LogP contribution in [0.15, 0.2) is 27.2 Å². The minimum absolute atomic E-state index is 0.153. The van der Waals surface area contributed by atoms with E-state index in [9.17, 15) is 4.39 Å². The number of hydrogen-bond acceptors (Lipinski definition) is 5. The molecule has 1 saturated heterocycles. The van der Waals surface area contributed by atoms with Crippen LogP contribution in [0.3, 0.4) is 0 Å². The molecule has 2 aromatic rings. The van der Waals surface area contributed by atoms with E-state index >= 15 is 0 Å². The van der Waals surface area contributed by atoms with E-state index in [4.69, 9.17) is 9.26 Å². The van der Waals surface area contributed by atoms with Gasteiger partial charge < -0.3 is 9.26 Å². The summed E-state index contributed by atoms with van der Waals surface area (Å²) < 4.78 is 26.0. The second-order valence-corrected chi connectivity index (χ2v) is 8.45. The third-order valence-electron chi connectivity index (χ3n) is 4.72. The molecule has 0 atom stereocenters. The average molecular weight is 440 g/mol. The van der Waals surface area contributed by atoms with Crippen molar-refractivity contribution in [1.82, 2.24) is 15.0 Å². The zero-order chi connectivity index (χ0) is 19.2. The van der Waals surface area contributed by atoms with E-state index in [2.05, 4.69) is 44.8 Å². The molecule has 0 amide bonds. The Kier molecular flexibility index (Phi) is 7.38. The van der Waals surface area contributed by atoms with Crippen molar-refractivity contribution in [2.24, 2.45) is 5.92 Å². The van der Waals surface area contributed by atoms with E-state index in [1.807, 2.05) is 12.1 Å². The van der Waals surface area contributed by atoms with Crippen molar-refractivity contribution in [3.8, 4) is 0 Å². The van der Waals surface area contributed by atoms with E-state index in [0.717, 1.165) is 42.4 Å². The summed E-state index contributed by atoms with van der Waals surface area (Å²) in [6, 6.07) is 5.26. The van der Waals surface area contributed by atoms with Gasteiger partial charge in [-0.25, -0.2) is 4.39 Å². The molecule has 5 nitrogen and oxygen atoms in total. The van der Waals surface area contributed by atoms with Crippen LogP contribution in [0.5, 0.6) is 0 Å². The highest BCUT2D eigenvalue weighted by atomic mass is 79.9. The maximum Gasteiger partial charge on any atom is 0.226 e. The average Bonchev–Trinajstić information content (AvgIpc) is 3.05. The number of likely N-dealkylation sites (tertiary alicyclic amines) is 1. The van der Waals surface area contributed by atoms with E-state index in [1.165, 1.54) is 6.07 Å². The zero-order valence-electron chi connectivity index (χ0n) is 16.0. The molecule has 7 heteroatoms. The van der Waals surface area contributed by atoms with Crippen molar-refractivity contribution in [2.45, 2.75) is 52.2 Å². The smallest absolute Gasteiger partial charge is 0.226 e. The molecule has 0 radical (unpaired) electrons. The lowest BCUT2D eigenvalue weighted by atomic mass is 10.1. The lowest BCUT2D eigenvalue weighted by molar-refractivity contribution is 0.00658. The number of nitrogens with zero attached hydrogens (tertiary/aromatic N) is 3. The second kappa shape index (κ2) is 9.75. The molecule has 1 aromatic heterocycles. The summed E-state index contributed by atoms with van der Waals surface area (Å²) in [4.78, 5) is 6.68. The Balaban J connectivity index is 1.36. The summed E-state index contributed by atoms with van der Waals surface area (Å²) in [7, 11) is 0. The van der Waals surface area contributed by atoms with Crippen molar-refractivity contribution in [1.29, 1.82) is 0 Å². The molecular weight excluding hydrogens is 413 g/mol. The molecule has 0 spiro atoms. The highest BCUT2D eigenvalue weighted by molar-refractivity contribution is 9.10. The van der Waals surface area contributed by atoms with Gasteiger partial charge in [0.1, 0.15) is 5.82 Å². The van der Waals surface area contributed by atoms with Crippen LogP contribution in [-0.2, 0) is 24.1 Å². The summed E-state index contributed by atoms with van der Waals surface area (Å²) >= 11 is 3.30. The Hall–Kier alpha value is -1.31. The molecule has 148 valence electrons. The monoisotopic (exact) mass is 439 g/mol. The molecule has 0 saturated carbocycles. The highest BCUT2D eigenvalue weighted by Gasteiger charge is 2.21. The zero-order valence-corrected chi connectivity index (χ0v) is 17.5. The first kappa shape index (κ1) is 20.4. The molecule has 3 rings (SSSR count). The Bertz CT molecular complexity index is 730. The van der Waals surface area contributed by atoms with E-state index in [-0.39, 0.29) is 11.9 Å². The van der Waals surface area contributed by atoms with Crippen LogP contribution in [0, 0.1) is 11.7 Å². The predicted octanol–water partition coefficient (Wildman–Crippen LogP) is 4.39. The first-order chi connectivity index (χ1) is 13.0. The van der Waals surface area contributed by atoms with Crippen LogP contribution in [0.1, 0.15) is 44.0 Å². The van der Waals surface area contributed by atoms with Crippen LogP contribution >= 0.6 is 15.9 Å². The Morgan fingerprint density at radius 3 is 2.81 bits per heavy atom. The maximum absolute atomic E-state index is 14.0. The summed E-state index contributed by atoms with van der Waals surface area (Å²) in [5.41, 5.74) is 0.742. The van der Waals surface area contributed by atoms with Gasteiger partial charge >= 0.3 is 0 Å². The number of benzene rings is 1. The van der Waals surface area contributed by atoms with Crippen LogP contribution in [0.4, 0.5) is 4.39 Å². The summed E-state index contributed by atoms with van der Waals surface area (Å²) in [5.74, 6) is 1.77. The quantitative estimate of drug-likeness (QED) is 0.610. The molecule has 1 aromatic carbocycles. The number of halogens is 2. The molecule has 1 fully saturated rings. The summed E-state index contributed by atoms with van der Waals surface area (Å²) in [5, 5.41) is 4.01. The topological polar surface area (TPSA) is 51.4 Å². The van der Waals surface area contributed by atoms with E-state index < -0.39 is 0 Å². The third-order valence-corrected chi connectivity index (χ3v) is 5.21. The number of piperidine rings is 1. The molecular formula is C20H27BrFN3O2. The maximum atomic E-state index is 14.0. The number of ether oxygens (including phenoxy) is 1. The molecule has 0 bridgehead atoms. The Labute approximate surface area is 168 Å². The van der Waals surface area contributed by atoms with Crippen molar-refractivity contribution in [3.05, 3.63) is 45.8 Å². The largest absolute Gasteiger partial charge is 0.378 e.